The van der Waals surface area contributed by atoms with Crippen LogP contribution in [0, 0.1) is 48.5 Å². The summed E-state index contributed by atoms with van der Waals surface area (Å²) in [7, 11) is 3.00. The van der Waals surface area contributed by atoms with E-state index in [-0.39, 0.29) is 132 Å². The third-order valence-corrected chi connectivity index (χ3v) is 26.2. The molecule has 2 fully saturated rings. The SMILES string of the molecule is CCCCCCCCOCC(O)COc1ccc(-c2nc(-c3ccc(OCC(O)COC)cc3O)nc(-c3ccc(OCC(O)COCCCCCCCC)cc3O)n2)c(O)c1.CCOC(=O)Oc1c(Cc2cc(C)cc(C3CCCCC3)c2O)cc(C)cc1C1CCCCC1.CCOc1ccc(-c2nc(-c3ccc(OC)cc3O)nc(-c3c(C)cc(C)cc3C)n2)c(O)c1.Cc1cc(C)c(O)c(-n2nc3ccc(Cl)cc3n2)c1. The van der Waals surface area contributed by atoms with Gasteiger partial charge in [0.1, 0.15) is 130 Å². The maximum atomic E-state index is 12.4. The predicted molar refractivity (Wildman–Crippen MR) is 578 cm³/mol. The van der Waals surface area contributed by atoms with E-state index in [0.717, 1.165) is 118 Å². The average Bonchev–Trinajstić information content (AvgIpc) is 1.53. The highest BCUT2D eigenvalue weighted by atomic mass is 35.5. The number of benzene rings is 10. The van der Waals surface area contributed by atoms with Crippen LogP contribution in [-0.2, 0) is 25.4 Å². The number of carbonyl (C=O) groups excluding carboxylic acids is 1. The first kappa shape index (κ1) is 114. The summed E-state index contributed by atoms with van der Waals surface area (Å²) in [5.41, 5.74) is 15.8. The maximum Gasteiger partial charge on any atom is 0.513 e. The fraction of sp³-hybridized carbons (Fsp3) is 0.432. The molecule has 0 spiro atoms. The van der Waals surface area contributed by atoms with Crippen molar-refractivity contribution < 1.29 is 103 Å². The number of halogens is 1. The molecule has 0 amide bonds. The van der Waals surface area contributed by atoms with Gasteiger partial charge in [-0.25, -0.2) is 34.7 Å². The molecule has 3 aromatic heterocycles. The second kappa shape index (κ2) is 57.3. The molecule has 3 unspecified atom stereocenters. The number of unbranched alkanes of at least 4 members (excludes halogenated alkanes) is 10. The highest BCUT2D eigenvalue weighted by molar-refractivity contribution is 6.31. The largest absolute Gasteiger partial charge is 0.513 e. The van der Waals surface area contributed by atoms with Crippen molar-refractivity contribution in [3.05, 3.63) is 224 Å². The summed E-state index contributed by atoms with van der Waals surface area (Å²) in [6, 6.07) is 45.2. The van der Waals surface area contributed by atoms with Gasteiger partial charge in [-0.05, 0) is 237 Å². The summed E-state index contributed by atoms with van der Waals surface area (Å²) in [4.78, 5) is 41.7. The topological polar surface area (TPSA) is 420 Å². The lowest BCUT2D eigenvalue weighted by Gasteiger charge is -2.26. The average molecular weight is 2060 g/mol. The summed E-state index contributed by atoms with van der Waals surface area (Å²) in [6.45, 7) is 24.2. The zero-order valence-corrected chi connectivity index (χ0v) is 88.9. The molecule has 3 atom stereocenters. The van der Waals surface area contributed by atoms with Gasteiger partial charge >= 0.3 is 6.16 Å². The molecule has 0 bridgehead atoms. The summed E-state index contributed by atoms with van der Waals surface area (Å²) in [5.74, 6) is 4.35. The van der Waals surface area contributed by atoms with Crippen LogP contribution in [0.5, 0.6) is 74.7 Å². The number of phenols is 7. The van der Waals surface area contributed by atoms with Gasteiger partial charge in [0.15, 0.2) is 34.9 Å². The van der Waals surface area contributed by atoms with Crippen molar-refractivity contribution in [2.24, 2.45) is 0 Å². The minimum absolute atomic E-state index is 0.00893. The van der Waals surface area contributed by atoms with Crippen LogP contribution in [0.2, 0.25) is 5.02 Å². The second-order valence-electron chi connectivity index (χ2n) is 38.4. The molecule has 0 aliphatic heterocycles. The van der Waals surface area contributed by atoms with Crippen molar-refractivity contribution in [2.45, 2.75) is 254 Å². The van der Waals surface area contributed by atoms with Crippen molar-refractivity contribution in [1.82, 2.24) is 44.9 Å². The Hall–Kier alpha value is -13.5. The Morgan fingerprint density at radius 2 is 0.772 bits per heavy atom. The standard InChI is InChI=1S/C47H67N3O12.C30H40O4.C27H27N3O4.C14H12ClN3O/c1-4-6-8-10-12-14-22-58-28-34(52)31-61-37-17-20-40(43(55)25-37)46-48-45(39-19-16-36(24-42(39)54)60-30-33(51)27-57-3)49-47(50-46)41-21-18-38(26-44(41)56)62-32-35(53)29-59-23-15-13-11-9-7-5-2;1-4-33-30(32)34-29-25(16-21(3)18-27(29)23-13-9-6-10-14-23)19-24-15-20(2)17-26(28(24)31)22-11-7-5-8-12-22;1-6-34-19-8-10-21(23(32)14-19)26-28-25(20-9-7-18(33-5)13-22(20)31)29-27(30-26)24-16(3)11-15(2)12-17(24)4;1-8-5-9(2)14(19)13(6-8)18-16-11-4-3-10(15)7-12(11)17-18/h16-21,24-26,33-35,51-56H,4-15,22-23,27-32H2,1-3H3;15-18,22-23,31H,4-14,19H2,1-3H3;7-14,31-32H,6H2,1-5H3;3-7,19H,1-2H3. The summed E-state index contributed by atoms with van der Waals surface area (Å²) < 4.78 is 55.0. The van der Waals surface area contributed by atoms with Gasteiger partial charge in [-0.2, -0.15) is 0 Å². The highest BCUT2D eigenvalue weighted by Crippen LogP contribution is 2.47. The molecule has 10 aromatic carbocycles. The minimum Gasteiger partial charge on any atom is -0.507 e. The number of ether oxygens (including phenoxy) is 10. The van der Waals surface area contributed by atoms with E-state index in [1.54, 1.807) is 79.7 Å². The van der Waals surface area contributed by atoms with Gasteiger partial charge in [0.2, 0.25) is 0 Å². The Bertz CT molecular complexity index is 6430. The van der Waals surface area contributed by atoms with E-state index >= 15 is 0 Å². The van der Waals surface area contributed by atoms with Gasteiger partial charge in [-0.1, -0.05) is 187 Å². The zero-order chi connectivity index (χ0) is 107. The number of hydrogen-bond acceptors (Lipinski definition) is 29. The third-order valence-electron chi connectivity index (χ3n) is 26.0. The van der Waals surface area contributed by atoms with Crippen LogP contribution in [0.1, 0.15) is 242 Å². The van der Waals surface area contributed by atoms with Crippen LogP contribution in [0.15, 0.2) is 158 Å². The molecule has 149 heavy (non-hydrogen) atoms. The Kier molecular flexibility index (Phi) is 44.0. The fourth-order valence-electron chi connectivity index (χ4n) is 18.6. The lowest BCUT2D eigenvalue weighted by Crippen LogP contribution is -2.23. The van der Waals surface area contributed by atoms with Gasteiger partial charge in [0.25, 0.3) is 0 Å². The molecule has 30 nitrogen and oxygen atoms in total. The van der Waals surface area contributed by atoms with E-state index in [4.69, 9.17) is 68.9 Å². The Morgan fingerprint density at radius 3 is 1.21 bits per heavy atom. The zero-order valence-electron chi connectivity index (χ0n) is 88.1. The molecular weight excluding hydrogens is 1910 g/mol. The quantitative estimate of drug-likeness (QED) is 0.00962. The first-order valence-corrected chi connectivity index (χ1v) is 52.4. The second-order valence-corrected chi connectivity index (χ2v) is 38.8. The monoisotopic (exact) mass is 2060 g/mol. The maximum absolute atomic E-state index is 12.4. The van der Waals surface area contributed by atoms with Crippen molar-refractivity contribution in [1.29, 1.82) is 0 Å². The number of aliphatic hydroxyl groups is 3. The van der Waals surface area contributed by atoms with Gasteiger partial charge in [0.05, 0.1) is 68.0 Å². The van der Waals surface area contributed by atoms with E-state index in [1.807, 2.05) is 53.7 Å². The number of rotatable bonds is 45. The number of aromatic nitrogens is 9. The van der Waals surface area contributed by atoms with Crippen LogP contribution in [0.4, 0.5) is 4.79 Å². The number of fused-ring (bicyclic) bond motifs is 1. The molecule has 2 saturated carbocycles. The van der Waals surface area contributed by atoms with Gasteiger partial charge in [-0.15, -0.1) is 15.0 Å². The number of aromatic hydroxyl groups is 7. The first-order chi connectivity index (χ1) is 71.9. The molecule has 13 aromatic rings. The van der Waals surface area contributed by atoms with E-state index < -0.39 is 24.5 Å². The predicted octanol–water partition coefficient (Wildman–Crippen LogP) is 24.9. The van der Waals surface area contributed by atoms with Crippen molar-refractivity contribution >= 4 is 28.8 Å². The summed E-state index contributed by atoms with van der Waals surface area (Å²) in [5, 5.41) is 116. The number of aryl methyl sites for hydroxylation is 7. The smallest absolute Gasteiger partial charge is 0.507 e. The van der Waals surface area contributed by atoms with Crippen molar-refractivity contribution in [2.75, 3.05) is 80.3 Å². The minimum atomic E-state index is -0.873. The molecule has 15 rings (SSSR count). The van der Waals surface area contributed by atoms with Crippen molar-refractivity contribution in [3.63, 3.8) is 0 Å². The summed E-state index contributed by atoms with van der Waals surface area (Å²) >= 11 is 5.93. The number of hydrogen-bond donors (Lipinski definition) is 10. The molecule has 796 valence electrons. The number of aliphatic hydroxyl groups excluding tert-OH is 3. The molecule has 0 radical (unpaired) electrons. The lowest BCUT2D eigenvalue weighted by atomic mass is 9.80. The molecule has 31 heteroatoms. The van der Waals surface area contributed by atoms with E-state index in [1.165, 1.54) is 151 Å². The van der Waals surface area contributed by atoms with Crippen LogP contribution in [0.3, 0.4) is 0 Å². The highest BCUT2D eigenvalue weighted by Gasteiger charge is 2.30. The Balaban J connectivity index is 0.000000191. The molecule has 3 heterocycles. The number of methoxy groups -OCH3 is 2. The van der Waals surface area contributed by atoms with Crippen LogP contribution in [0.25, 0.3) is 85.0 Å². The third kappa shape index (κ3) is 33.3. The summed E-state index contributed by atoms with van der Waals surface area (Å²) in [6.07, 6.45) is 23.0. The van der Waals surface area contributed by atoms with E-state index in [9.17, 15) is 55.9 Å². The van der Waals surface area contributed by atoms with Gasteiger partial charge in [0, 0.05) is 73.2 Å². The number of carbonyl (C=O) groups is 1. The van der Waals surface area contributed by atoms with Crippen LogP contribution in [-0.4, -0.2) is 201 Å². The number of phenolic OH excluding ortho intramolecular Hbond substituents is 7. The van der Waals surface area contributed by atoms with Gasteiger partial charge in [-0.3, -0.25) is 0 Å². The van der Waals surface area contributed by atoms with Crippen LogP contribution >= 0.6 is 11.6 Å². The van der Waals surface area contributed by atoms with E-state index in [0.29, 0.717) is 106 Å². The molecule has 2 aliphatic carbocycles. The molecule has 2 aliphatic rings. The molecule has 10 N–H and O–H groups in total. The fourth-order valence-corrected chi connectivity index (χ4v) is 18.8. The van der Waals surface area contributed by atoms with Crippen molar-refractivity contribution in [3.8, 4) is 149 Å². The Labute approximate surface area is 878 Å². The first-order valence-electron chi connectivity index (χ1n) is 52.1. The lowest BCUT2D eigenvalue weighted by molar-refractivity contribution is 0.0109. The number of nitrogens with zero attached hydrogens (tertiary/aromatic N) is 9. The Morgan fingerprint density at radius 1 is 0.383 bits per heavy atom. The van der Waals surface area contributed by atoms with E-state index in [2.05, 4.69) is 94.2 Å². The molecule has 0 saturated heterocycles. The normalized spacial score (nSPS) is 13.2. The molecular formula is C118H146ClN9O21. The van der Waals surface area contributed by atoms with Gasteiger partial charge < -0.3 is 98.4 Å². The van der Waals surface area contributed by atoms with Crippen LogP contribution < -0.4 is 28.4 Å².